The number of hydrogen-bond acceptors (Lipinski definition) is 3. The van der Waals surface area contributed by atoms with Crippen LogP contribution in [0, 0.1) is 5.82 Å². The Morgan fingerprint density at radius 2 is 1.87 bits per heavy atom. The molecule has 0 aliphatic carbocycles. The summed E-state index contributed by atoms with van der Waals surface area (Å²) < 4.78 is 18.2. The van der Waals surface area contributed by atoms with Crippen LogP contribution < -0.4 is 10.2 Å². The second-order valence-corrected chi connectivity index (χ2v) is 5.60. The topological polar surface area (TPSA) is 41.6 Å². The predicted octanol–water partition coefficient (Wildman–Crippen LogP) is 3.30. The van der Waals surface area contributed by atoms with Gasteiger partial charge in [-0.2, -0.15) is 0 Å². The number of carbonyl (C=O) groups is 1. The van der Waals surface area contributed by atoms with Crippen LogP contribution in [0.1, 0.15) is 16.8 Å². The Morgan fingerprint density at radius 3 is 2.48 bits per heavy atom. The quantitative estimate of drug-likeness (QED) is 0.941. The Bertz CT molecular complexity index is 670. The largest absolute Gasteiger partial charge is 0.380 e. The minimum absolute atomic E-state index is 0.252. The highest BCUT2D eigenvalue weighted by Gasteiger charge is 2.22. The smallest absolute Gasteiger partial charge is 0.255 e. The molecule has 1 atom stereocenters. The maximum atomic E-state index is 12.9. The molecule has 0 bridgehead atoms. The first-order chi connectivity index (χ1) is 11.2. The molecular formula is C18H19FN2O2. The van der Waals surface area contributed by atoms with E-state index in [0.29, 0.717) is 11.3 Å². The van der Waals surface area contributed by atoms with E-state index in [1.54, 1.807) is 7.11 Å². The summed E-state index contributed by atoms with van der Waals surface area (Å²) in [6.45, 7) is 1.86. The van der Waals surface area contributed by atoms with Gasteiger partial charge in [0.05, 0.1) is 6.10 Å². The lowest BCUT2D eigenvalue weighted by molar-refractivity contribution is 0.102. The highest BCUT2D eigenvalue weighted by Crippen LogP contribution is 2.23. The Kier molecular flexibility index (Phi) is 4.57. The van der Waals surface area contributed by atoms with Crippen molar-refractivity contribution in [1.82, 2.24) is 0 Å². The lowest BCUT2D eigenvalue weighted by atomic mass is 10.2. The third-order valence-corrected chi connectivity index (χ3v) is 4.08. The normalized spacial score (nSPS) is 17.3. The van der Waals surface area contributed by atoms with Gasteiger partial charge in [0.1, 0.15) is 5.82 Å². The fraction of sp³-hybridized carbons (Fsp3) is 0.278. The van der Waals surface area contributed by atoms with Gasteiger partial charge in [0.2, 0.25) is 0 Å². The number of nitrogens with zero attached hydrogens (tertiary/aromatic N) is 1. The van der Waals surface area contributed by atoms with E-state index in [2.05, 4.69) is 10.2 Å². The molecule has 1 amide bonds. The molecule has 5 heteroatoms. The zero-order chi connectivity index (χ0) is 16.2. The zero-order valence-electron chi connectivity index (χ0n) is 13.0. The van der Waals surface area contributed by atoms with E-state index in [1.807, 2.05) is 24.3 Å². The van der Waals surface area contributed by atoms with E-state index >= 15 is 0 Å². The van der Waals surface area contributed by atoms with Crippen molar-refractivity contribution >= 4 is 17.3 Å². The Hall–Kier alpha value is -2.40. The fourth-order valence-corrected chi connectivity index (χ4v) is 2.72. The highest BCUT2D eigenvalue weighted by atomic mass is 19.1. The molecule has 23 heavy (non-hydrogen) atoms. The monoisotopic (exact) mass is 314 g/mol. The summed E-state index contributed by atoms with van der Waals surface area (Å²) in [5.41, 5.74) is 2.26. The maximum Gasteiger partial charge on any atom is 0.255 e. The minimum Gasteiger partial charge on any atom is -0.380 e. The third kappa shape index (κ3) is 3.68. The summed E-state index contributed by atoms with van der Waals surface area (Å²) in [5.74, 6) is -0.607. The Labute approximate surface area is 134 Å². The van der Waals surface area contributed by atoms with Crippen molar-refractivity contribution in [2.24, 2.45) is 0 Å². The second kappa shape index (κ2) is 6.79. The number of carbonyl (C=O) groups excluding carboxylic acids is 1. The molecule has 1 N–H and O–H groups in total. The van der Waals surface area contributed by atoms with Crippen LogP contribution in [-0.2, 0) is 4.74 Å². The van der Waals surface area contributed by atoms with Gasteiger partial charge in [0.15, 0.2) is 0 Å². The van der Waals surface area contributed by atoms with Gasteiger partial charge in [0, 0.05) is 37.1 Å². The number of nitrogens with one attached hydrogen (secondary N) is 1. The molecular weight excluding hydrogens is 295 g/mol. The van der Waals surface area contributed by atoms with Gasteiger partial charge >= 0.3 is 0 Å². The first kappa shape index (κ1) is 15.5. The number of ether oxygens (including phenoxy) is 1. The van der Waals surface area contributed by atoms with E-state index in [9.17, 15) is 9.18 Å². The average molecular weight is 314 g/mol. The molecule has 0 radical (unpaired) electrons. The molecule has 0 aromatic heterocycles. The van der Waals surface area contributed by atoms with Crippen LogP contribution in [0.4, 0.5) is 15.8 Å². The molecule has 1 aliphatic heterocycles. The molecule has 2 aromatic carbocycles. The molecule has 1 heterocycles. The van der Waals surface area contributed by atoms with Crippen molar-refractivity contribution in [2.45, 2.75) is 12.5 Å². The van der Waals surface area contributed by atoms with Crippen molar-refractivity contribution in [3.63, 3.8) is 0 Å². The van der Waals surface area contributed by atoms with Crippen LogP contribution >= 0.6 is 0 Å². The summed E-state index contributed by atoms with van der Waals surface area (Å²) in [5, 5.41) is 2.81. The Morgan fingerprint density at radius 1 is 1.17 bits per heavy atom. The standard InChI is InChI=1S/C18H19FN2O2/c1-23-17-10-11-21(12-17)16-8-6-15(7-9-16)20-18(22)13-2-4-14(19)5-3-13/h2-9,17H,10-12H2,1H3,(H,20,22). The van der Waals surface area contributed by atoms with E-state index in [4.69, 9.17) is 4.74 Å². The number of amides is 1. The molecule has 4 nitrogen and oxygen atoms in total. The number of anilines is 2. The van der Waals surface area contributed by atoms with Gasteiger partial charge in [-0.3, -0.25) is 4.79 Å². The van der Waals surface area contributed by atoms with Gasteiger partial charge in [0.25, 0.3) is 5.91 Å². The van der Waals surface area contributed by atoms with Crippen molar-refractivity contribution < 1.29 is 13.9 Å². The molecule has 0 spiro atoms. The van der Waals surface area contributed by atoms with Gasteiger partial charge in [-0.05, 0) is 55.0 Å². The van der Waals surface area contributed by atoms with Crippen LogP contribution in [0.3, 0.4) is 0 Å². The first-order valence-electron chi connectivity index (χ1n) is 7.60. The zero-order valence-corrected chi connectivity index (χ0v) is 13.0. The van der Waals surface area contributed by atoms with Crippen molar-refractivity contribution in [3.05, 3.63) is 59.9 Å². The minimum atomic E-state index is -0.356. The maximum absolute atomic E-state index is 12.9. The Balaban J connectivity index is 1.63. The number of methoxy groups -OCH3 is 1. The van der Waals surface area contributed by atoms with E-state index in [1.165, 1.54) is 24.3 Å². The molecule has 1 unspecified atom stereocenters. The highest BCUT2D eigenvalue weighted by molar-refractivity contribution is 6.04. The molecule has 0 saturated carbocycles. The average Bonchev–Trinajstić information content (AvgIpc) is 3.05. The van der Waals surface area contributed by atoms with Gasteiger partial charge in [-0.15, -0.1) is 0 Å². The lowest BCUT2D eigenvalue weighted by Gasteiger charge is -2.18. The van der Waals surface area contributed by atoms with Crippen LogP contribution in [0.5, 0.6) is 0 Å². The molecule has 3 rings (SSSR count). The van der Waals surface area contributed by atoms with Gasteiger partial charge in [-0.25, -0.2) is 4.39 Å². The summed E-state index contributed by atoms with van der Waals surface area (Å²) >= 11 is 0. The molecule has 2 aromatic rings. The number of rotatable bonds is 4. The molecule has 1 fully saturated rings. The fourth-order valence-electron chi connectivity index (χ4n) is 2.72. The third-order valence-electron chi connectivity index (χ3n) is 4.08. The van der Waals surface area contributed by atoms with Gasteiger partial charge < -0.3 is 15.0 Å². The summed E-state index contributed by atoms with van der Waals surface area (Å²) in [7, 11) is 1.74. The van der Waals surface area contributed by atoms with E-state index < -0.39 is 0 Å². The summed E-state index contributed by atoms with van der Waals surface area (Å²) in [6, 6.07) is 13.2. The van der Waals surface area contributed by atoms with Crippen LogP contribution in [-0.4, -0.2) is 32.2 Å². The van der Waals surface area contributed by atoms with Crippen molar-refractivity contribution in [2.75, 3.05) is 30.4 Å². The summed E-state index contributed by atoms with van der Waals surface area (Å²) in [4.78, 5) is 14.4. The second-order valence-electron chi connectivity index (χ2n) is 5.60. The van der Waals surface area contributed by atoms with Crippen LogP contribution in [0.15, 0.2) is 48.5 Å². The van der Waals surface area contributed by atoms with Gasteiger partial charge in [-0.1, -0.05) is 0 Å². The SMILES string of the molecule is COC1CCN(c2ccc(NC(=O)c3ccc(F)cc3)cc2)C1. The molecule has 1 saturated heterocycles. The van der Waals surface area contributed by atoms with Crippen LogP contribution in [0.2, 0.25) is 0 Å². The number of hydrogen-bond donors (Lipinski definition) is 1. The predicted molar refractivity (Wildman–Crippen MR) is 88.4 cm³/mol. The van der Waals surface area contributed by atoms with Crippen molar-refractivity contribution in [3.8, 4) is 0 Å². The van der Waals surface area contributed by atoms with Crippen LogP contribution in [0.25, 0.3) is 0 Å². The molecule has 1 aliphatic rings. The molecule has 120 valence electrons. The van der Waals surface area contributed by atoms with E-state index in [-0.39, 0.29) is 17.8 Å². The van der Waals surface area contributed by atoms with E-state index in [0.717, 1.165) is 25.2 Å². The summed E-state index contributed by atoms with van der Waals surface area (Å²) in [6.07, 6.45) is 1.31. The lowest BCUT2D eigenvalue weighted by Crippen LogP contribution is -2.22. The first-order valence-corrected chi connectivity index (χ1v) is 7.60. The number of halogens is 1. The van der Waals surface area contributed by atoms with Crippen molar-refractivity contribution in [1.29, 1.82) is 0 Å². The number of benzene rings is 2.